The van der Waals surface area contributed by atoms with Crippen molar-refractivity contribution < 1.29 is 8.42 Å². The minimum Gasteiger partial charge on any atom is -0.346 e. The van der Waals surface area contributed by atoms with Crippen molar-refractivity contribution >= 4 is 30.6 Å². The molecule has 0 unspecified atom stereocenters. The Bertz CT molecular complexity index is 673. The second-order valence-corrected chi connectivity index (χ2v) is 6.61. The van der Waals surface area contributed by atoms with E-state index in [9.17, 15) is 8.42 Å². The molecule has 5 heteroatoms. The highest BCUT2D eigenvalue weighted by Crippen LogP contribution is 2.28. The van der Waals surface area contributed by atoms with Gasteiger partial charge < -0.3 is 4.57 Å². The van der Waals surface area contributed by atoms with E-state index >= 15 is 0 Å². The average molecular weight is 284 g/mol. The maximum Gasteiger partial charge on any atom is 0.263 e. The Morgan fingerprint density at radius 1 is 1.33 bits per heavy atom. The minimum atomic E-state index is -3.71. The molecular weight excluding hydrogens is 270 g/mol. The largest absolute Gasteiger partial charge is 0.346 e. The van der Waals surface area contributed by atoms with Crippen LogP contribution < -0.4 is 0 Å². The number of unbranched alkanes of at least 4 members (excludes halogenated alkanes) is 1. The summed E-state index contributed by atoms with van der Waals surface area (Å²) in [6.07, 6.45) is 5.28. The highest BCUT2D eigenvalue weighted by Gasteiger charge is 2.17. The maximum atomic E-state index is 11.5. The first-order valence-corrected chi connectivity index (χ1v) is 7.98. The monoisotopic (exact) mass is 283 g/mol. The predicted molar refractivity (Wildman–Crippen MR) is 74.4 cm³/mol. The van der Waals surface area contributed by atoms with Gasteiger partial charge in [-0.25, -0.2) is 8.42 Å². The van der Waals surface area contributed by atoms with Crippen LogP contribution in [0.3, 0.4) is 0 Å². The van der Waals surface area contributed by atoms with Gasteiger partial charge in [-0.1, -0.05) is 24.3 Å². The van der Waals surface area contributed by atoms with Gasteiger partial charge in [-0.05, 0) is 18.9 Å². The lowest BCUT2D eigenvalue weighted by molar-refractivity contribution is 0.608. The molecule has 0 radical (unpaired) electrons. The first-order valence-electron chi connectivity index (χ1n) is 5.67. The minimum absolute atomic E-state index is 0.179. The second-order valence-electron chi connectivity index (χ2n) is 4.07. The van der Waals surface area contributed by atoms with Gasteiger partial charge in [0, 0.05) is 34.3 Å². The highest BCUT2D eigenvalue weighted by molar-refractivity contribution is 8.14. The molecule has 0 spiro atoms. The van der Waals surface area contributed by atoms with Gasteiger partial charge in [0.05, 0.1) is 0 Å². The SMILES string of the molecule is C=CCCCn1cc(S(=O)(=O)Cl)c2ccccc21. The Balaban J connectivity index is 2.51. The molecule has 1 aromatic heterocycles. The Hall–Kier alpha value is -1.26. The van der Waals surface area contributed by atoms with Gasteiger partial charge >= 0.3 is 0 Å². The van der Waals surface area contributed by atoms with E-state index in [0.717, 1.165) is 24.9 Å². The third-order valence-electron chi connectivity index (χ3n) is 2.82. The molecule has 0 aliphatic rings. The number of hydrogen-bond acceptors (Lipinski definition) is 2. The second kappa shape index (κ2) is 5.16. The average Bonchev–Trinajstić information content (AvgIpc) is 2.69. The molecule has 1 aromatic carbocycles. The van der Waals surface area contributed by atoms with Gasteiger partial charge in [0.1, 0.15) is 4.90 Å². The quantitative estimate of drug-likeness (QED) is 0.478. The Kier molecular flexibility index (Phi) is 3.78. The van der Waals surface area contributed by atoms with Crippen molar-refractivity contribution in [2.24, 2.45) is 0 Å². The van der Waals surface area contributed by atoms with Crippen LogP contribution in [0.15, 0.2) is 48.0 Å². The number of halogens is 1. The number of nitrogens with zero attached hydrogens (tertiary/aromatic N) is 1. The van der Waals surface area contributed by atoms with E-state index in [1.54, 1.807) is 12.3 Å². The summed E-state index contributed by atoms with van der Waals surface area (Å²) in [5, 5.41) is 0.672. The molecule has 0 bridgehead atoms. The normalized spacial score (nSPS) is 11.8. The number of benzene rings is 1. The van der Waals surface area contributed by atoms with E-state index in [1.807, 2.05) is 28.8 Å². The smallest absolute Gasteiger partial charge is 0.263 e. The summed E-state index contributed by atoms with van der Waals surface area (Å²) in [6, 6.07) is 7.36. The van der Waals surface area contributed by atoms with Crippen molar-refractivity contribution in [2.45, 2.75) is 24.3 Å². The molecule has 0 saturated heterocycles. The number of hydrogen-bond donors (Lipinski definition) is 0. The molecular formula is C13H14ClNO2S. The fraction of sp³-hybridized carbons (Fsp3) is 0.231. The third kappa shape index (κ3) is 2.60. The molecule has 0 N–H and O–H groups in total. The first-order chi connectivity index (χ1) is 8.54. The van der Waals surface area contributed by atoms with Crippen LogP contribution in [0.4, 0.5) is 0 Å². The molecule has 0 fully saturated rings. The van der Waals surface area contributed by atoms with E-state index in [0.29, 0.717) is 5.39 Å². The molecule has 2 rings (SSSR count). The zero-order chi connectivity index (χ0) is 13.2. The summed E-state index contributed by atoms with van der Waals surface area (Å²) in [6.45, 7) is 4.42. The van der Waals surface area contributed by atoms with Gasteiger partial charge in [0.2, 0.25) is 0 Å². The number of allylic oxidation sites excluding steroid dienone is 1. The lowest BCUT2D eigenvalue weighted by Gasteiger charge is -2.02. The Labute approximate surface area is 111 Å². The molecule has 3 nitrogen and oxygen atoms in total. The van der Waals surface area contributed by atoms with Crippen molar-refractivity contribution in [1.29, 1.82) is 0 Å². The molecule has 18 heavy (non-hydrogen) atoms. The lowest BCUT2D eigenvalue weighted by Crippen LogP contribution is -1.95. The molecule has 0 aliphatic carbocycles. The van der Waals surface area contributed by atoms with E-state index < -0.39 is 9.05 Å². The summed E-state index contributed by atoms with van der Waals surface area (Å²) in [4.78, 5) is 0.179. The van der Waals surface area contributed by atoms with Gasteiger partial charge in [-0.2, -0.15) is 0 Å². The van der Waals surface area contributed by atoms with E-state index in [2.05, 4.69) is 6.58 Å². The van der Waals surface area contributed by atoms with Gasteiger partial charge in [0.25, 0.3) is 9.05 Å². The summed E-state index contributed by atoms with van der Waals surface area (Å²) in [7, 11) is 1.75. The van der Waals surface area contributed by atoms with Crippen molar-refractivity contribution in [2.75, 3.05) is 0 Å². The third-order valence-corrected chi connectivity index (χ3v) is 4.17. The van der Waals surface area contributed by atoms with Crippen LogP contribution in [0, 0.1) is 0 Å². The number of aryl methyl sites for hydroxylation is 1. The lowest BCUT2D eigenvalue weighted by atomic mass is 10.2. The van der Waals surface area contributed by atoms with Crippen LogP contribution >= 0.6 is 10.7 Å². The van der Waals surface area contributed by atoms with Crippen molar-refractivity contribution in [3.8, 4) is 0 Å². The standard InChI is InChI=1S/C13H14ClNO2S/c1-2-3-6-9-15-10-13(18(14,16)17)11-7-4-5-8-12(11)15/h2,4-5,7-8,10H,1,3,6,9H2. The van der Waals surface area contributed by atoms with Crippen LogP contribution in [-0.2, 0) is 15.6 Å². The zero-order valence-electron chi connectivity index (χ0n) is 9.84. The van der Waals surface area contributed by atoms with E-state index in [4.69, 9.17) is 10.7 Å². The fourth-order valence-electron chi connectivity index (χ4n) is 2.00. The van der Waals surface area contributed by atoms with Gasteiger partial charge in [0.15, 0.2) is 0 Å². The molecule has 0 amide bonds. The van der Waals surface area contributed by atoms with Crippen molar-refractivity contribution in [3.63, 3.8) is 0 Å². The zero-order valence-corrected chi connectivity index (χ0v) is 11.4. The van der Waals surface area contributed by atoms with Crippen LogP contribution in [-0.4, -0.2) is 13.0 Å². The van der Waals surface area contributed by atoms with Crippen LogP contribution in [0.1, 0.15) is 12.8 Å². The predicted octanol–water partition coefficient (Wildman–Crippen LogP) is 3.54. The maximum absolute atomic E-state index is 11.5. The molecule has 1 heterocycles. The van der Waals surface area contributed by atoms with Crippen LogP contribution in [0.2, 0.25) is 0 Å². The Morgan fingerprint density at radius 2 is 2.06 bits per heavy atom. The number of para-hydroxylation sites is 1. The summed E-state index contributed by atoms with van der Waals surface area (Å²) in [5.41, 5.74) is 0.890. The van der Waals surface area contributed by atoms with E-state index in [1.165, 1.54) is 0 Å². The van der Waals surface area contributed by atoms with Gasteiger partial charge in [-0.3, -0.25) is 0 Å². The van der Waals surface area contributed by atoms with Crippen LogP contribution in [0.25, 0.3) is 10.9 Å². The number of aromatic nitrogens is 1. The van der Waals surface area contributed by atoms with Crippen molar-refractivity contribution in [1.82, 2.24) is 4.57 Å². The van der Waals surface area contributed by atoms with Gasteiger partial charge in [-0.15, -0.1) is 6.58 Å². The Morgan fingerprint density at radius 3 is 2.72 bits per heavy atom. The van der Waals surface area contributed by atoms with E-state index in [-0.39, 0.29) is 4.90 Å². The van der Waals surface area contributed by atoms with Crippen LogP contribution in [0.5, 0.6) is 0 Å². The van der Waals surface area contributed by atoms with Crippen molar-refractivity contribution in [3.05, 3.63) is 43.1 Å². The summed E-state index contributed by atoms with van der Waals surface area (Å²) in [5.74, 6) is 0. The number of fused-ring (bicyclic) bond motifs is 1. The molecule has 0 saturated carbocycles. The number of rotatable bonds is 5. The first kappa shape index (κ1) is 13.2. The topological polar surface area (TPSA) is 39.1 Å². The fourth-order valence-corrected chi connectivity index (χ4v) is 3.06. The molecule has 2 aromatic rings. The summed E-state index contributed by atoms with van der Waals surface area (Å²) < 4.78 is 25.0. The summed E-state index contributed by atoms with van der Waals surface area (Å²) >= 11 is 0. The molecule has 0 aliphatic heterocycles. The molecule has 0 atom stereocenters. The highest BCUT2D eigenvalue weighted by atomic mass is 35.7. The molecule has 96 valence electrons.